The lowest BCUT2D eigenvalue weighted by atomic mass is 9.73. The van der Waals surface area contributed by atoms with E-state index in [0.717, 1.165) is 25.3 Å². The van der Waals surface area contributed by atoms with Gasteiger partial charge in [0.15, 0.2) is 0 Å². The molecule has 2 nitrogen and oxygen atoms in total. The maximum Gasteiger partial charge on any atom is 0.123 e. The Balaban J connectivity index is 1.44. The number of piperidine rings is 1. The van der Waals surface area contributed by atoms with Crippen LogP contribution in [0.5, 0.6) is 0 Å². The van der Waals surface area contributed by atoms with E-state index < -0.39 is 0 Å². The van der Waals surface area contributed by atoms with E-state index in [2.05, 4.69) is 40.5 Å². The molecule has 24 heavy (non-hydrogen) atoms. The van der Waals surface area contributed by atoms with E-state index in [0.29, 0.717) is 17.9 Å². The van der Waals surface area contributed by atoms with Gasteiger partial charge in [0.2, 0.25) is 0 Å². The van der Waals surface area contributed by atoms with Gasteiger partial charge in [-0.15, -0.1) is 0 Å². The van der Waals surface area contributed by atoms with Gasteiger partial charge < -0.3 is 5.32 Å². The number of fused-ring (bicyclic) bond motifs is 2. The molecule has 2 fully saturated rings. The molecule has 1 heterocycles. The predicted octanol–water partition coefficient (Wildman–Crippen LogP) is 4.54. The lowest BCUT2D eigenvalue weighted by molar-refractivity contribution is 0.0670. The van der Waals surface area contributed by atoms with E-state index in [9.17, 15) is 4.39 Å². The first-order valence-electron chi connectivity index (χ1n) is 9.06. The second-order valence-electron chi connectivity index (χ2n) is 7.31. The van der Waals surface area contributed by atoms with Gasteiger partial charge in [0, 0.05) is 31.4 Å². The molecule has 2 bridgehead atoms. The lowest BCUT2D eigenvalue weighted by Gasteiger charge is -2.48. The quantitative estimate of drug-likeness (QED) is 0.888. The number of nitrogens with zero attached hydrogens (tertiary/aromatic N) is 1. The third-order valence-electron chi connectivity index (χ3n) is 5.58. The first kappa shape index (κ1) is 15.6. The minimum atomic E-state index is -0.168. The largest absolute Gasteiger partial charge is 0.382 e. The van der Waals surface area contributed by atoms with Crippen LogP contribution in [0.15, 0.2) is 54.6 Å². The molecule has 0 spiro atoms. The van der Waals surface area contributed by atoms with Crippen molar-refractivity contribution in [2.45, 2.75) is 31.8 Å². The van der Waals surface area contributed by atoms with Crippen molar-refractivity contribution in [3.8, 4) is 0 Å². The topological polar surface area (TPSA) is 15.3 Å². The second-order valence-corrected chi connectivity index (χ2v) is 7.31. The molecule has 0 radical (unpaired) electrons. The summed E-state index contributed by atoms with van der Waals surface area (Å²) in [6, 6.07) is 18.1. The summed E-state index contributed by atoms with van der Waals surface area (Å²) in [5, 5.41) is 3.70. The fourth-order valence-corrected chi connectivity index (χ4v) is 4.48. The number of rotatable bonds is 4. The zero-order valence-electron chi connectivity index (χ0n) is 14.0. The molecule has 0 aromatic heterocycles. The number of anilines is 1. The van der Waals surface area contributed by atoms with Gasteiger partial charge in [-0.1, -0.05) is 36.8 Å². The van der Waals surface area contributed by atoms with Crippen molar-refractivity contribution in [2.24, 2.45) is 11.8 Å². The first-order valence-corrected chi connectivity index (χ1v) is 9.06. The maximum absolute atomic E-state index is 13.1. The van der Waals surface area contributed by atoms with Crippen LogP contribution in [-0.4, -0.2) is 24.0 Å². The Hall–Kier alpha value is -1.87. The molecule has 1 N–H and O–H groups in total. The van der Waals surface area contributed by atoms with Gasteiger partial charge in [0.1, 0.15) is 5.82 Å². The summed E-state index contributed by atoms with van der Waals surface area (Å²) in [6.45, 7) is 3.37. The molecule has 2 atom stereocenters. The van der Waals surface area contributed by atoms with Crippen LogP contribution in [0.4, 0.5) is 10.1 Å². The van der Waals surface area contributed by atoms with Crippen molar-refractivity contribution in [2.75, 3.05) is 18.4 Å². The van der Waals surface area contributed by atoms with Gasteiger partial charge in [-0.05, 0) is 54.5 Å². The Kier molecular flexibility index (Phi) is 4.52. The van der Waals surface area contributed by atoms with Crippen molar-refractivity contribution < 1.29 is 4.39 Å². The van der Waals surface area contributed by atoms with Crippen molar-refractivity contribution in [3.63, 3.8) is 0 Å². The predicted molar refractivity (Wildman–Crippen MR) is 96.4 cm³/mol. The van der Waals surface area contributed by atoms with E-state index >= 15 is 0 Å². The fourth-order valence-electron chi connectivity index (χ4n) is 4.48. The molecule has 2 aromatic rings. The monoisotopic (exact) mass is 324 g/mol. The highest BCUT2D eigenvalue weighted by Crippen LogP contribution is 2.37. The molecule has 0 amide bonds. The average molecular weight is 324 g/mol. The Bertz CT molecular complexity index is 641. The Labute approximate surface area is 143 Å². The van der Waals surface area contributed by atoms with E-state index in [4.69, 9.17) is 0 Å². The number of benzene rings is 2. The van der Waals surface area contributed by atoms with Gasteiger partial charge in [-0.2, -0.15) is 0 Å². The van der Waals surface area contributed by atoms with E-state index in [1.54, 1.807) is 12.1 Å². The van der Waals surface area contributed by atoms with Gasteiger partial charge in [-0.25, -0.2) is 4.39 Å². The van der Waals surface area contributed by atoms with Crippen LogP contribution >= 0.6 is 0 Å². The third kappa shape index (κ3) is 3.46. The second kappa shape index (κ2) is 6.94. The van der Waals surface area contributed by atoms with E-state index in [1.807, 2.05) is 12.1 Å². The summed E-state index contributed by atoms with van der Waals surface area (Å²) < 4.78 is 13.1. The van der Waals surface area contributed by atoms with Gasteiger partial charge in [0.25, 0.3) is 0 Å². The van der Waals surface area contributed by atoms with Crippen molar-refractivity contribution in [3.05, 3.63) is 66.0 Å². The Morgan fingerprint density at radius 1 is 0.917 bits per heavy atom. The highest BCUT2D eigenvalue weighted by molar-refractivity contribution is 5.44. The minimum absolute atomic E-state index is 0.168. The normalized spacial score (nSPS) is 27.0. The fraction of sp³-hybridized carbons (Fsp3) is 0.429. The van der Waals surface area contributed by atoms with E-state index in [-0.39, 0.29) is 5.82 Å². The number of halogens is 1. The van der Waals surface area contributed by atoms with Gasteiger partial charge >= 0.3 is 0 Å². The van der Waals surface area contributed by atoms with Crippen LogP contribution in [-0.2, 0) is 6.54 Å². The molecule has 126 valence electrons. The highest BCUT2D eigenvalue weighted by Gasteiger charge is 2.39. The third-order valence-corrected chi connectivity index (χ3v) is 5.58. The molecule has 1 aliphatic heterocycles. The molecule has 3 heteroatoms. The lowest BCUT2D eigenvalue weighted by Crippen LogP contribution is -2.54. The molecule has 4 rings (SSSR count). The highest BCUT2D eigenvalue weighted by atomic mass is 19.1. The molecule has 2 aromatic carbocycles. The zero-order valence-corrected chi connectivity index (χ0v) is 14.0. The Morgan fingerprint density at radius 2 is 1.58 bits per heavy atom. The van der Waals surface area contributed by atoms with Crippen LogP contribution in [0, 0.1) is 17.7 Å². The summed E-state index contributed by atoms with van der Waals surface area (Å²) in [5.41, 5.74) is 2.45. The van der Waals surface area contributed by atoms with Crippen molar-refractivity contribution in [1.82, 2.24) is 4.90 Å². The van der Waals surface area contributed by atoms with Crippen LogP contribution in [0.1, 0.15) is 24.8 Å². The molecular weight excluding hydrogens is 299 g/mol. The van der Waals surface area contributed by atoms with E-state index in [1.165, 1.54) is 24.8 Å². The SMILES string of the molecule is Fc1ccc(NC2C3CCCC2CN(Cc2ccccc2)C3)cc1. The smallest absolute Gasteiger partial charge is 0.123 e. The number of nitrogens with one attached hydrogen (secondary N) is 1. The minimum Gasteiger partial charge on any atom is -0.382 e. The standard InChI is InChI=1S/C21H25FN2/c22-19-9-11-20(12-10-19)23-21-17-7-4-8-18(21)15-24(14-17)13-16-5-2-1-3-6-16/h1-3,5-6,9-12,17-18,21,23H,4,7-8,13-15H2. The van der Waals surface area contributed by atoms with Crippen LogP contribution in [0.3, 0.4) is 0 Å². The summed E-state index contributed by atoms with van der Waals surface area (Å²) in [5.74, 6) is 1.20. The molecule has 1 aliphatic carbocycles. The van der Waals surface area contributed by atoms with Crippen LogP contribution in [0.2, 0.25) is 0 Å². The molecule has 2 unspecified atom stereocenters. The summed E-state index contributed by atoms with van der Waals surface area (Å²) in [7, 11) is 0. The maximum atomic E-state index is 13.1. The van der Waals surface area contributed by atoms with Crippen molar-refractivity contribution in [1.29, 1.82) is 0 Å². The number of hydrogen-bond donors (Lipinski definition) is 1. The van der Waals surface area contributed by atoms with Crippen molar-refractivity contribution >= 4 is 5.69 Å². The Morgan fingerprint density at radius 3 is 2.25 bits per heavy atom. The summed E-state index contributed by atoms with van der Waals surface area (Å²) in [6.07, 6.45) is 3.93. The molecule has 1 saturated carbocycles. The molecule has 1 saturated heterocycles. The molecule has 2 aliphatic rings. The zero-order chi connectivity index (χ0) is 16.4. The molecular formula is C21H25FN2. The summed E-state index contributed by atoms with van der Waals surface area (Å²) >= 11 is 0. The van der Waals surface area contributed by atoms with Gasteiger partial charge in [-0.3, -0.25) is 4.90 Å². The number of hydrogen-bond acceptors (Lipinski definition) is 2. The first-order chi connectivity index (χ1) is 11.8. The van der Waals surface area contributed by atoms with Gasteiger partial charge in [0.05, 0.1) is 0 Å². The average Bonchev–Trinajstić information content (AvgIpc) is 2.58. The van der Waals surface area contributed by atoms with Crippen LogP contribution in [0.25, 0.3) is 0 Å². The van der Waals surface area contributed by atoms with Crippen LogP contribution < -0.4 is 5.32 Å². The number of likely N-dealkylation sites (tertiary alicyclic amines) is 1. The summed E-state index contributed by atoms with van der Waals surface area (Å²) in [4.78, 5) is 2.62.